The molecule has 1 rings (SSSR count). The average molecular weight is 252 g/mol. The lowest BCUT2D eigenvalue weighted by Gasteiger charge is -2.04. The van der Waals surface area contributed by atoms with Crippen molar-refractivity contribution in [2.45, 2.75) is 33.0 Å². The number of hydrogen-bond acceptors (Lipinski definition) is 3. The molecule has 0 saturated heterocycles. The van der Waals surface area contributed by atoms with E-state index in [1.54, 1.807) is 7.05 Å². The molecular formula is C10H15F3N2S. The van der Waals surface area contributed by atoms with E-state index in [0.717, 1.165) is 11.3 Å². The van der Waals surface area contributed by atoms with Crippen LogP contribution in [0.2, 0.25) is 0 Å². The topological polar surface area (TPSA) is 24.9 Å². The molecule has 0 aliphatic heterocycles. The summed E-state index contributed by atoms with van der Waals surface area (Å²) < 4.78 is 37.5. The molecule has 0 aromatic carbocycles. The number of nitrogens with zero attached hydrogens (tertiary/aromatic N) is 1. The Hall–Kier alpha value is -0.620. The highest BCUT2D eigenvalue weighted by atomic mass is 32.1. The van der Waals surface area contributed by atoms with Gasteiger partial charge in [0.05, 0.1) is 5.69 Å². The number of nitrogens with one attached hydrogen (secondary N) is 1. The highest BCUT2D eigenvalue weighted by molar-refractivity contribution is 7.11. The molecule has 16 heavy (non-hydrogen) atoms. The molecule has 1 heterocycles. The van der Waals surface area contributed by atoms with Crippen molar-refractivity contribution < 1.29 is 13.2 Å². The normalized spacial score (nSPS) is 12.4. The van der Waals surface area contributed by atoms with Crippen molar-refractivity contribution in [3.63, 3.8) is 0 Å². The summed E-state index contributed by atoms with van der Waals surface area (Å²) in [6, 6.07) is 0. The van der Waals surface area contributed by atoms with Crippen LogP contribution in [0, 0.1) is 5.92 Å². The molecule has 0 fully saturated rings. The van der Waals surface area contributed by atoms with Crippen LogP contribution in [0.25, 0.3) is 0 Å². The van der Waals surface area contributed by atoms with Crippen LogP contribution in [0.1, 0.15) is 29.4 Å². The Kier molecular flexibility index (Phi) is 4.32. The smallest absolute Gasteiger partial charge is 0.315 e. The number of hydrogen-bond donors (Lipinski definition) is 1. The maximum absolute atomic E-state index is 12.5. The fourth-order valence-electron chi connectivity index (χ4n) is 1.35. The van der Waals surface area contributed by atoms with Crippen LogP contribution in [0.15, 0.2) is 0 Å². The summed E-state index contributed by atoms with van der Waals surface area (Å²) in [5.74, 6) is 0.304. The monoisotopic (exact) mass is 252 g/mol. The van der Waals surface area contributed by atoms with Crippen LogP contribution in [-0.4, -0.2) is 12.0 Å². The van der Waals surface area contributed by atoms with Gasteiger partial charge in [0.1, 0.15) is 0 Å². The minimum Gasteiger partial charge on any atom is -0.315 e. The first kappa shape index (κ1) is 13.4. The van der Waals surface area contributed by atoms with Gasteiger partial charge in [-0.05, 0) is 19.4 Å². The van der Waals surface area contributed by atoms with E-state index in [9.17, 15) is 13.2 Å². The van der Waals surface area contributed by atoms with E-state index in [4.69, 9.17) is 0 Å². The summed E-state index contributed by atoms with van der Waals surface area (Å²) in [7, 11) is 1.71. The molecule has 0 radical (unpaired) electrons. The Bertz CT molecular complexity index is 344. The Balaban J connectivity index is 3.00. The molecule has 0 atom stereocenters. The zero-order valence-corrected chi connectivity index (χ0v) is 10.3. The molecule has 0 spiro atoms. The van der Waals surface area contributed by atoms with Crippen LogP contribution >= 0.6 is 11.3 Å². The van der Waals surface area contributed by atoms with Crippen LogP contribution in [0.5, 0.6) is 0 Å². The second kappa shape index (κ2) is 5.14. The summed E-state index contributed by atoms with van der Waals surface area (Å²) in [4.78, 5) is 4.38. The third-order valence-electron chi connectivity index (χ3n) is 1.96. The maximum Gasteiger partial charge on any atom is 0.443 e. The van der Waals surface area contributed by atoms with Gasteiger partial charge in [-0.3, -0.25) is 0 Å². The van der Waals surface area contributed by atoms with Crippen LogP contribution in [-0.2, 0) is 19.1 Å². The van der Waals surface area contributed by atoms with Crippen LogP contribution in [0.4, 0.5) is 13.2 Å². The van der Waals surface area contributed by atoms with Gasteiger partial charge in [-0.15, -0.1) is 11.3 Å². The first-order chi connectivity index (χ1) is 7.34. The van der Waals surface area contributed by atoms with Crippen molar-refractivity contribution in [3.8, 4) is 0 Å². The van der Waals surface area contributed by atoms with Crippen molar-refractivity contribution in [1.29, 1.82) is 0 Å². The van der Waals surface area contributed by atoms with Crippen LogP contribution < -0.4 is 5.32 Å². The molecule has 1 N–H and O–H groups in total. The van der Waals surface area contributed by atoms with Gasteiger partial charge < -0.3 is 5.32 Å². The summed E-state index contributed by atoms with van der Waals surface area (Å²) >= 11 is 0.734. The lowest BCUT2D eigenvalue weighted by Crippen LogP contribution is -2.07. The quantitative estimate of drug-likeness (QED) is 0.890. The largest absolute Gasteiger partial charge is 0.443 e. The third kappa shape index (κ3) is 3.45. The first-order valence-electron chi connectivity index (χ1n) is 5.05. The van der Waals surface area contributed by atoms with Gasteiger partial charge in [-0.1, -0.05) is 13.8 Å². The Morgan fingerprint density at radius 1 is 1.38 bits per heavy atom. The van der Waals surface area contributed by atoms with Gasteiger partial charge in [-0.2, -0.15) is 13.2 Å². The van der Waals surface area contributed by atoms with Crippen molar-refractivity contribution >= 4 is 11.3 Å². The molecule has 6 heteroatoms. The highest BCUT2D eigenvalue weighted by Gasteiger charge is 2.35. The Morgan fingerprint density at radius 3 is 2.44 bits per heavy atom. The fraction of sp³-hybridized carbons (Fsp3) is 0.700. The van der Waals surface area contributed by atoms with E-state index in [1.165, 1.54) is 0 Å². The fourth-order valence-corrected chi connectivity index (χ4v) is 2.32. The van der Waals surface area contributed by atoms with E-state index >= 15 is 0 Å². The number of aromatic nitrogens is 1. The summed E-state index contributed by atoms with van der Waals surface area (Å²) in [5, 5.41) is 2.12. The number of thiazole rings is 1. The molecule has 0 saturated carbocycles. The van der Waals surface area contributed by atoms with Gasteiger partial charge in [0, 0.05) is 11.4 Å². The molecule has 1 aromatic rings. The molecule has 0 bridgehead atoms. The van der Waals surface area contributed by atoms with Gasteiger partial charge in [0.15, 0.2) is 5.01 Å². The summed E-state index contributed by atoms with van der Waals surface area (Å²) in [6.45, 7) is 4.38. The predicted octanol–water partition coefficient (Wildman–Crippen LogP) is 3.08. The lowest BCUT2D eigenvalue weighted by atomic mass is 10.1. The number of rotatable bonds is 4. The highest BCUT2D eigenvalue weighted by Crippen LogP contribution is 2.34. The Labute approximate surface area is 96.9 Å². The van der Waals surface area contributed by atoms with Crippen molar-refractivity contribution in [2.24, 2.45) is 5.92 Å². The average Bonchev–Trinajstić information content (AvgIpc) is 2.47. The van der Waals surface area contributed by atoms with E-state index in [0.29, 0.717) is 29.5 Å². The van der Waals surface area contributed by atoms with E-state index in [1.807, 2.05) is 13.8 Å². The molecule has 0 unspecified atom stereocenters. The Morgan fingerprint density at radius 2 is 2.00 bits per heavy atom. The molecular weight excluding hydrogens is 237 g/mol. The predicted molar refractivity (Wildman–Crippen MR) is 58.4 cm³/mol. The zero-order valence-electron chi connectivity index (χ0n) is 9.48. The van der Waals surface area contributed by atoms with E-state index < -0.39 is 11.2 Å². The standard InChI is InChI=1S/C10H15F3N2S/c1-6(2)4-7-8(5-14-3)16-9(15-7)10(11,12)13/h6,14H,4-5H2,1-3H3. The summed E-state index contributed by atoms with van der Waals surface area (Å²) in [5.41, 5.74) is 0.571. The number of halogens is 3. The SMILES string of the molecule is CNCc1sc(C(F)(F)F)nc1CC(C)C. The number of alkyl halides is 3. The molecule has 0 aliphatic carbocycles. The third-order valence-corrected chi connectivity index (χ3v) is 3.10. The van der Waals surface area contributed by atoms with Gasteiger partial charge in [0.2, 0.25) is 0 Å². The van der Waals surface area contributed by atoms with Crippen molar-refractivity contribution in [1.82, 2.24) is 10.3 Å². The van der Waals surface area contributed by atoms with Crippen LogP contribution in [0.3, 0.4) is 0 Å². The van der Waals surface area contributed by atoms with Crippen molar-refractivity contribution in [2.75, 3.05) is 7.05 Å². The minimum absolute atomic E-state index is 0.304. The second-order valence-corrected chi connectivity index (χ2v) is 5.10. The summed E-state index contributed by atoms with van der Waals surface area (Å²) in [6.07, 6.45) is -3.74. The van der Waals surface area contributed by atoms with Gasteiger partial charge in [-0.25, -0.2) is 4.98 Å². The minimum atomic E-state index is -4.33. The maximum atomic E-state index is 12.5. The molecule has 0 amide bonds. The second-order valence-electron chi connectivity index (χ2n) is 4.01. The molecule has 2 nitrogen and oxygen atoms in total. The van der Waals surface area contributed by atoms with E-state index in [-0.39, 0.29) is 0 Å². The molecule has 0 aliphatic rings. The van der Waals surface area contributed by atoms with E-state index in [2.05, 4.69) is 10.3 Å². The lowest BCUT2D eigenvalue weighted by molar-refractivity contribution is -0.137. The molecule has 92 valence electrons. The molecule has 1 aromatic heterocycles. The van der Waals surface area contributed by atoms with Gasteiger partial charge >= 0.3 is 6.18 Å². The van der Waals surface area contributed by atoms with Gasteiger partial charge in [0.25, 0.3) is 0 Å². The zero-order chi connectivity index (χ0) is 12.3. The van der Waals surface area contributed by atoms with Crippen molar-refractivity contribution in [3.05, 3.63) is 15.6 Å². The first-order valence-corrected chi connectivity index (χ1v) is 5.86.